The molecule has 0 bridgehead atoms. The Morgan fingerprint density at radius 3 is 2.90 bits per heavy atom. The second kappa shape index (κ2) is 6.93. The number of halogens is 2. The second-order valence-electron chi connectivity index (χ2n) is 4.40. The number of aromatic nitrogens is 1. The number of rotatable bonds is 4. The normalized spacial score (nSPS) is 14.7. The number of ether oxygens (including phenoxy) is 1. The van der Waals surface area contributed by atoms with Gasteiger partial charge in [0.1, 0.15) is 12.4 Å². The van der Waals surface area contributed by atoms with Crippen LogP contribution >= 0.6 is 23.2 Å². The van der Waals surface area contributed by atoms with Gasteiger partial charge in [-0.2, -0.15) is 0 Å². The molecule has 3 amide bonds. The summed E-state index contributed by atoms with van der Waals surface area (Å²) >= 11 is 11.6. The molecule has 1 N–H and O–H groups in total. The number of carbonyl (C=O) groups is 2. The Hall–Kier alpha value is -1.57. The zero-order valence-electron chi connectivity index (χ0n) is 11.3. The zero-order chi connectivity index (χ0) is 15.4. The van der Waals surface area contributed by atoms with Crippen molar-refractivity contribution in [3.05, 3.63) is 22.3 Å². The lowest BCUT2D eigenvalue weighted by Crippen LogP contribution is -2.35. The number of pyridine rings is 1. The van der Waals surface area contributed by atoms with E-state index in [0.29, 0.717) is 23.2 Å². The van der Waals surface area contributed by atoms with E-state index >= 15 is 0 Å². The number of hydrogen-bond donors (Lipinski definition) is 1. The molecule has 0 aliphatic carbocycles. The summed E-state index contributed by atoms with van der Waals surface area (Å²) in [4.78, 5) is 30.7. The first-order chi connectivity index (χ1) is 10.0. The van der Waals surface area contributed by atoms with E-state index in [2.05, 4.69) is 10.3 Å². The molecule has 0 saturated carbocycles. The summed E-state index contributed by atoms with van der Waals surface area (Å²) in [7, 11) is 1.56. The molecule has 1 aliphatic rings. The third-order valence-electron chi connectivity index (χ3n) is 2.92. The van der Waals surface area contributed by atoms with Crippen molar-refractivity contribution in [2.24, 2.45) is 0 Å². The molecule has 7 nitrogen and oxygen atoms in total. The van der Waals surface area contributed by atoms with E-state index in [9.17, 15) is 9.59 Å². The number of urea groups is 1. The molecule has 1 aromatic heterocycles. The van der Waals surface area contributed by atoms with Crippen molar-refractivity contribution in [2.75, 3.05) is 38.8 Å². The quantitative estimate of drug-likeness (QED) is 0.910. The lowest BCUT2D eigenvalue weighted by Gasteiger charge is -2.18. The van der Waals surface area contributed by atoms with Crippen LogP contribution in [0.4, 0.5) is 10.6 Å². The minimum Gasteiger partial charge on any atom is -0.383 e. The fraction of sp³-hybridized carbons (Fsp3) is 0.417. The number of methoxy groups -OCH3 is 1. The number of hydrogen-bond acceptors (Lipinski definition) is 4. The highest BCUT2D eigenvalue weighted by Gasteiger charge is 2.30. The first-order valence-corrected chi connectivity index (χ1v) is 6.90. The standard InChI is InChI=1S/C12H14Cl2N4O3/c1-21-3-2-17-7-18(6-11(17)19)12(20)16-10-4-8(13)9(14)5-15-10/h4-5H,2-3,6-7H2,1H3,(H,15,16,20). The van der Waals surface area contributed by atoms with Crippen LogP contribution in [0.1, 0.15) is 0 Å². The first kappa shape index (κ1) is 15.8. The predicted molar refractivity (Wildman–Crippen MR) is 78.4 cm³/mol. The molecule has 21 heavy (non-hydrogen) atoms. The van der Waals surface area contributed by atoms with Crippen molar-refractivity contribution < 1.29 is 14.3 Å². The van der Waals surface area contributed by atoms with Crippen LogP contribution in [0.3, 0.4) is 0 Å². The summed E-state index contributed by atoms with van der Waals surface area (Å²) in [6.07, 6.45) is 1.35. The van der Waals surface area contributed by atoms with Crippen LogP contribution in [-0.2, 0) is 9.53 Å². The van der Waals surface area contributed by atoms with Gasteiger partial charge in [-0.25, -0.2) is 9.78 Å². The molecule has 0 radical (unpaired) electrons. The number of nitrogens with one attached hydrogen (secondary N) is 1. The van der Waals surface area contributed by atoms with Crippen molar-refractivity contribution >= 4 is 41.0 Å². The third kappa shape index (κ3) is 3.96. The molecule has 114 valence electrons. The van der Waals surface area contributed by atoms with Crippen molar-refractivity contribution in [1.82, 2.24) is 14.8 Å². The SMILES string of the molecule is COCCN1CN(C(=O)Nc2cc(Cl)c(Cl)cn2)CC1=O. The van der Waals surface area contributed by atoms with Gasteiger partial charge in [-0.3, -0.25) is 15.0 Å². The maximum absolute atomic E-state index is 12.1. The summed E-state index contributed by atoms with van der Waals surface area (Å²) in [5, 5.41) is 3.17. The highest BCUT2D eigenvalue weighted by Crippen LogP contribution is 2.23. The molecule has 2 rings (SSSR count). The lowest BCUT2D eigenvalue weighted by atomic mass is 10.4. The summed E-state index contributed by atoms with van der Waals surface area (Å²) in [5.41, 5.74) is 0. The van der Waals surface area contributed by atoms with Gasteiger partial charge in [-0.05, 0) is 0 Å². The summed E-state index contributed by atoms with van der Waals surface area (Å²) in [6.45, 7) is 1.12. The van der Waals surface area contributed by atoms with E-state index in [1.165, 1.54) is 17.2 Å². The fourth-order valence-electron chi connectivity index (χ4n) is 1.80. The van der Waals surface area contributed by atoms with E-state index in [1.807, 2.05) is 0 Å². The average Bonchev–Trinajstić information content (AvgIpc) is 2.82. The zero-order valence-corrected chi connectivity index (χ0v) is 12.8. The van der Waals surface area contributed by atoms with E-state index in [0.717, 1.165) is 0 Å². The van der Waals surface area contributed by atoms with Crippen LogP contribution in [0, 0.1) is 0 Å². The minimum atomic E-state index is -0.422. The number of carbonyl (C=O) groups excluding carboxylic acids is 2. The van der Waals surface area contributed by atoms with Crippen LogP contribution in [0.5, 0.6) is 0 Å². The molecule has 0 aromatic carbocycles. The van der Waals surface area contributed by atoms with Crippen LogP contribution in [0.25, 0.3) is 0 Å². The van der Waals surface area contributed by atoms with Gasteiger partial charge in [0.15, 0.2) is 0 Å². The highest BCUT2D eigenvalue weighted by atomic mass is 35.5. The van der Waals surface area contributed by atoms with Crippen LogP contribution in [-0.4, -0.2) is 60.2 Å². The van der Waals surface area contributed by atoms with Crippen molar-refractivity contribution in [1.29, 1.82) is 0 Å². The summed E-state index contributed by atoms with van der Waals surface area (Å²) < 4.78 is 4.92. The Labute approximate surface area is 131 Å². The Morgan fingerprint density at radius 2 is 2.24 bits per heavy atom. The molecule has 2 heterocycles. The lowest BCUT2D eigenvalue weighted by molar-refractivity contribution is -0.127. The second-order valence-corrected chi connectivity index (χ2v) is 5.22. The monoisotopic (exact) mass is 332 g/mol. The van der Waals surface area contributed by atoms with Crippen LogP contribution in [0.2, 0.25) is 10.0 Å². The molecule has 0 unspecified atom stereocenters. The molecular weight excluding hydrogens is 319 g/mol. The van der Waals surface area contributed by atoms with Gasteiger partial charge in [0, 0.05) is 25.9 Å². The van der Waals surface area contributed by atoms with Gasteiger partial charge in [0.2, 0.25) is 5.91 Å². The molecule has 9 heteroatoms. The van der Waals surface area contributed by atoms with Crippen molar-refractivity contribution in [3.8, 4) is 0 Å². The van der Waals surface area contributed by atoms with E-state index in [1.54, 1.807) is 12.0 Å². The number of nitrogens with zero attached hydrogens (tertiary/aromatic N) is 3. The summed E-state index contributed by atoms with van der Waals surface area (Å²) in [5.74, 6) is 0.154. The molecule has 1 fully saturated rings. The van der Waals surface area contributed by atoms with E-state index in [-0.39, 0.29) is 24.9 Å². The Kier molecular flexibility index (Phi) is 5.22. The molecule has 0 atom stereocenters. The van der Waals surface area contributed by atoms with Gasteiger partial charge in [-0.15, -0.1) is 0 Å². The molecule has 1 aliphatic heterocycles. The fourth-order valence-corrected chi connectivity index (χ4v) is 2.06. The average molecular weight is 333 g/mol. The highest BCUT2D eigenvalue weighted by molar-refractivity contribution is 6.42. The van der Waals surface area contributed by atoms with Gasteiger partial charge < -0.3 is 9.64 Å². The van der Waals surface area contributed by atoms with Gasteiger partial charge in [-0.1, -0.05) is 23.2 Å². The smallest absolute Gasteiger partial charge is 0.324 e. The molecule has 0 spiro atoms. The van der Waals surface area contributed by atoms with E-state index in [4.69, 9.17) is 27.9 Å². The van der Waals surface area contributed by atoms with Gasteiger partial charge >= 0.3 is 6.03 Å². The summed E-state index contributed by atoms with van der Waals surface area (Å²) in [6, 6.07) is 1.02. The number of amides is 3. The van der Waals surface area contributed by atoms with Gasteiger partial charge in [0.05, 0.1) is 23.3 Å². The maximum atomic E-state index is 12.1. The van der Waals surface area contributed by atoms with Gasteiger partial charge in [0.25, 0.3) is 0 Å². The maximum Gasteiger partial charge on any atom is 0.324 e. The Bertz CT molecular complexity index is 555. The van der Waals surface area contributed by atoms with Crippen molar-refractivity contribution in [3.63, 3.8) is 0 Å². The largest absolute Gasteiger partial charge is 0.383 e. The van der Waals surface area contributed by atoms with Crippen LogP contribution < -0.4 is 5.32 Å². The van der Waals surface area contributed by atoms with E-state index < -0.39 is 6.03 Å². The molecule has 1 saturated heterocycles. The molecule has 1 aromatic rings. The third-order valence-corrected chi connectivity index (χ3v) is 3.63. The molecular formula is C12H14Cl2N4O3. The Balaban J connectivity index is 1.95. The first-order valence-electron chi connectivity index (χ1n) is 6.15. The minimum absolute atomic E-state index is 0.0247. The number of anilines is 1. The Morgan fingerprint density at radius 1 is 1.48 bits per heavy atom. The van der Waals surface area contributed by atoms with Crippen LogP contribution in [0.15, 0.2) is 12.3 Å². The predicted octanol–water partition coefficient (Wildman–Crippen LogP) is 1.67. The van der Waals surface area contributed by atoms with Crippen molar-refractivity contribution in [2.45, 2.75) is 0 Å². The topological polar surface area (TPSA) is 74.8 Å².